The largest absolute Gasteiger partial charge is 0.433 e. The molecule has 4 heterocycles. The van der Waals surface area contributed by atoms with E-state index in [0.29, 0.717) is 36.1 Å². The van der Waals surface area contributed by atoms with Crippen LogP contribution in [0, 0.1) is 12.7 Å². The quantitative estimate of drug-likeness (QED) is 0.471. The molecule has 7 nitrogen and oxygen atoms in total. The van der Waals surface area contributed by atoms with Crippen molar-refractivity contribution < 1.29 is 22.4 Å². The maximum atomic E-state index is 13.4. The molecule has 1 saturated heterocycles. The molecule has 1 amide bonds. The predicted molar refractivity (Wildman–Crippen MR) is 107 cm³/mol. The van der Waals surface area contributed by atoms with Gasteiger partial charge in [0.05, 0.1) is 16.7 Å². The topological polar surface area (TPSA) is 79.2 Å². The molecule has 1 fully saturated rings. The first kappa shape index (κ1) is 20.4. The highest BCUT2D eigenvalue weighted by Gasteiger charge is 2.36. The van der Waals surface area contributed by atoms with Gasteiger partial charge in [0.2, 0.25) is 0 Å². The molecule has 1 N–H and O–H groups in total. The maximum absolute atomic E-state index is 13.4. The van der Waals surface area contributed by atoms with Gasteiger partial charge in [0.1, 0.15) is 11.5 Å². The van der Waals surface area contributed by atoms with Crippen molar-refractivity contribution in [2.45, 2.75) is 31.9 Å². The first-order valence-corrected chi connectivity index (χ1v) is 10.1. The van der Waals surface area contributed by atoms with Gasteiger partial charge in [-0.3, -0.25) is 4.79 Å². The second-order valence-corrected chi connectivity index (χ2v) is 7.96. The Morgan fingerprint density at radius 2 is 2.00 bits per heavy atom. The number of aryl methyl sites for hydroxylation is 1. The third-order valence-corrected chi connectivity index (χ3v) is 5.64. The molecule has 5 rings (SSSR count). The Bertz CT molecular complexity index is 1340. The van der Waals surface area contributed by atoms with Crippen LogP contribution in [0.5, 0.6) is 0 Å². The fourth-order valence-electron chi connectivity index (χ4n) is 4.16. The lowest BCUT2D eigenvalue weighted by molar-refractivity contribution is -0.142. The van der Waals surface area contributed by atoms with Crippen molar-refractivity contribution >= 4 is 22.6 Å². The average Bonchev–Trinajstić information content (AvgIpc) is 3.35. The molecular weight excluding hydrogens is 428 g/mol. The summed E-state index contributed by atoms with van der Waals surface area (Å²) in [5.41, 5.74) is 0.837. The Labute approximate surface area is 179 Å². The number of benzene rings is 1. The van der Waals surface area contributed by atoms with Crippen LogP contribution in [0.1, 0.15) is 46.5 Å². The van der Waals surface area contributed by atoms with Crippen LogP contribution in [0.2, 0.25) is 0 Å². The second-order valence-electron chi connectivity index (χ2n) is 7.96. The predicted octanol–water partition coefficient (Wildman–Crippen LogP) is 4.09. The summed E-state index contributed by atoms with van der Waals surface area (Å²) in [6.07, 6.45) is -3.22. The molecule has 166 valence electrons. The molecule has 1 aliphatic heterocycles. The van der Waals surface area contributed by atoms with E-state index < -0.39 is 17.7 Å². The Kier molecular flexibility index (Phi) is 4.64. The molecule has 1 atom stereocenters. The summed E-state index contributed by atoms with van der Waals surface area (Å²) in [5, 5.41) is 4.19. The molecule has 0 spiro atoms. The van der Waals surface area contributed by atoms with Crippen LogP contribution in [0.3, 0.4) is 0 Å². The van der Waals surface area contributed by atoms with Crippen LogP contribution in [0.4, 0.5) is 17.6 Å². The van der Waals surface area contributed by atoms with Gasteiger partial charge in [0.15, 0.2) is 11.5 Å². The average molecular weight is 446 g/mol. The third kappa shape index (κ3) is 3.57. The van der Waals surface area contributed by atoms with E-state index in [-0.39, 0.29) is 35.5 Å². The van der Waals surface area contributed by atoms with Crippen molar-refractivity contribution in [2.24, 2.45) is 0 Å². The molecule has 0 bridgehead atoms. The van der Waals surface area contributed by atoms with Crippen molar-refractivity contribution in [1.82, 2.24) is 29.5 Å². The first-order valence-electron chi connectivity index (χ1n) is 10.1. The summed E-state index contributed by atoms with van der Waals surface area (Å²) in [5.74, 6) is -0.928. The van der Waals surface area contributed by atoms with E-state index in [4.69, 9.17) is 0 Å². The van der Waals surface area contributed by atoms with E-state index in [2.05, 4.69) is 20.1 Å². The molecule has 0 unspecified atom stereocenters. The fourth-order valence-corrected chi connectivity index (χ4v) is 4.16. The minimum Gasteiger partial charge on any atom is -0.335 e. The number of aromatic nitrogens is 5. The number of amides is 1. The van der Waals surface area contributed by atoms with Crippen molar-refractivity contribution in [2.75, 3.05) is 13.1 Å². The molecule has 0 saturated carbocycles. The molecule has 1 aliphatic rings. The van der Waals surface area contributed by atoms with Crippen LogP contribution in [0.15, 0.2) is 30.3 Å². The van der Waals surface area contributed by atoms with Crippen LogP contribution < -0.4 is 0 Å². The number of nitrogens with one attached hydrogen (secondary N) is 1. The lowest BCUT2D eigenvalue weighted by atomic mass is 9.95. The summed E-state index contributed by atoms with van der Waals surface area (Å²) in [6, 6.07) is 6.53. The van der Waals surface area contributed by atoms with Crippen LogP contribution >= 0.6 is 0 Å². The fraction of sp³-hybridized carbons (Fsp3) is 0.333. The molecule has 1 aromatic carbocycles. The Hall–Kier alpha value is -3.50. The number of alkyl halides is 3. The second kappa shape index (κ2) is 7.28. The number of rotatable bonds is 2. The highest BCUT2D eigenvalue weighted by Crippen LogP contribution is 2.32. The monoisotopic (exact) mass is 446 g/mol. The standard InChI is InChI=1S/C21H18F4N6O/c1-11-7-17(21(23,24)25)31-18(26-11)9-15(29-31)12-3-2-6-30(10-12)20(32)19-27-14-5-4-13(22)8-16(14)28-19/h4-5,7-9,12H,2-3,6,10H2,1H3,(H,27,28)/t12-/m0/s1. The molecule has 11 heteroatoms. The highest BCUT2D eigenvalue weighted by atomic mass is 19.4. The minimum absolute atomic E-state index is 0.0953. The van der Waals surface area contributed by atoms with E-state index in [1.807, 2.05) is 0 Å². The number of piperidine rings is 1. The number of carbonyl (C=O) groups excluding carboxylic acids is 1. The van der Waals surface area contributed by atoms with E-state index >= 15 is 0 Å². The number of halogens is 4. The Balaban J connectivity index is 1.43. The van der Waals surface area contributed by atoms with Gasteiger partial charge in [0.25, 0.3) is 5.91 Å². The summed E-state index contributed by atoms with van der Waals surface area (Å²) < 4.78 is 54.6. The maximum Gasteiger partial charge on any atom is 0.433 e. The summed E-state index contributed by atoms with van der Waals surface area (Å²) in [4.78, 5) is 25.8. The number of imidazole rings is 1. The molecule has 0 aliphatic carbocycles. The Morgan fingerprint density at radius 3 is 2.78 bits per heavy atom. The van der Waals surface area contributed by atoms with Crippen molar-refractivity contribution in [3.63, 3.8) is 0 Å². The van der Waals surface area contributed by atoms with Gasteiger partial charge in [-0.2, -0.15) is 18.3 Å². The van der Waals surface area contributed by atoms with Crippen LogP contribution in [-0.2, 0) is 6.18 Å². The zero-order valence-electron chi connectivity index (χ0n) is 16.9. The molecule has 4 aromatic rings. The zero-order valence-corrected chi connectivity index (χ0v) is 16.9. The van der Waals surface area contributed by atoms with E-state index in [0.717, 1.165) is 10.6 Å². The van der Waals surface area contributed by atoms with E-state index in [1.54, 1.807) is 11.0 Å². The number of carbonyl (C=O) groups is 1. The zero-order chi connectivity index (χ0) is 22.6. The number of fused-ring (bicyclic) bond motifs is 2. The third-order valence-electron chi connectivity index (χ3n) is 5.64. The van der Waals surface area contributed by atoms with Crippen molar-refractivity contribution in [3.8, 4) is 0 Å². The van der Waals surface area contributed by atoms with E-state index in [1.165, 1.54) is 25.1 Å². The summed E-state index contributed by atoms with van der Waals surface area (Å²) in [7, 11) is 0. The highest BCUT2D eigenvalue weighted by molar-refractivity contribution is 5.94. The number of hydrogen-bond donors (Lipinski definition) is 1. The number of aromatic amines is 1. The van der Waals surface area contributed by atoms with Crippen LogP contribution in [-0.4, -0.2) is 48.5 Å². The lowest BCUT2D eigenvalue weighted by Crippen LogP contribution is -2.39. The van der Waals surface area contributed by atoms with Gasteiger partial charge in [-0.25, -0.2) is 18.9 Å². The Morgan fingerprint density at radius 1 is 1.19 bits per heavy atom. The van der Waals surface area contributed by atoms with Gasteiger partial charge in [-0.15, -0.1) is 0 Å². The molecule has 3 aromatic heterocycles. The summed E-state index contributed by atoms with van der Waals surface area (Å²) >= 11 is 0. The normalized spacial score (nSPS) is 17.4. The number of nitrogens with zero attached hydrogens (tertiary/aromatic N) is 5. The van der Waals surface area contributed by atoms with E-state index in [9.17, 15) is 22.4 Å². The molecular formula is C21H18F4N6O. The SMILES string of the molecule is Cc1cc(C(F)(F)F)n2nc([C@H]3CCCN(C(=O)c4nc5ccc(F)cc5[nH]4)C3)cc2n1. The van der Waals surface area contributed by atoms with Gasteiger partial charge in [0, 0.05) is 30.8 Å². The van der Waals surface area contributed by atoms with Crippen LogP contribution in [0.25, 0.3) is 16.7 Å². The van der Waals surface area contributed by atoms with Gasteiger partial charge < -0.3 is 9.88 Å². The van der Waals surface area contributed by atoms with Crippen molar-refractivity contribution in [1.29, 1.82) is 0 Å². The minimum atomic E-state index is -4.56. The summed E-state index contributed by atoms with van der Waals surface area (Å²) in [6.45, 7) is 2.27. The van der Waals surface area contributed by atoms with Gasteiger partial charge >= 0.3 is 6.18 Å². The smallest absolute Gasteiger partial charge is 0.335 e. The lowest BCUT2D eigenvalue weighted by Gasteiger charge is -2.31. The molecule has 32 heavy (non-hydrogen) atoms. The van der Waals surface area contributed by atoms with Gasteiger partial charge in [-0.1, -0.05) is 0 Å². The first-order chi connectivity index (χ1) is 15.2. The number of likely N-dealkylation sites (tertiary alicyclic amines) is 1. The van der Waals surface area contributed by atoms with Gasteiger partial charge in [-0.05, 0) is 44.0 Å². The number of H-pyrrole nitrogens is 1. The van der Waals surface area contributed by atoms with Crippen molar-refractivity contribution in [3.05, 3.63) is 59.1 Å². The molecule has 0 radical (unpaired) electrons. The number of hydrogen-bond acceptors (Lipinski definition) is 4.